The summed E-state index contributed by atoms with van der Waals surface area (Å²) >= 11 is 0. The lowest BCUT2D eigenvalue weighted by Gasteiger charge is -2.08. The number of nitrogens with one attached hydrogen (secondary N) is 1. The van der Waals surface area contributed by atoms with Gasteiger partial charge in [-0.1, -0.05) is 12.1 Å². The average molecular weight is 353 g/mol. The van der Waals surface area contributed by atoms with Gasteiger partial charge < -0.3 is 19.7 Å². The van der Waals surface area contributed by atoms with Crippen LogP contribution in [0.15, 0.2) is 42.6 Å². The standard InChI is InChI=1S/C19H19N3O4/c1-12(23)16-10-22(11-18(24)25)19-15(16)7-8-17(21-19)20-9-13-3-5-14(26-2)6-4-13/h3-8,10H,9,11H2,1-2H3,(H,20,21)(H,24,25). The summed E-state index contributed by atoms with van der Waals surface area (Å²) in [5, 5.41) is 12.9. The van der Waals surface area contributed by atoms with Crippen molar-refractivity contribution in [3.05, 3.63) is 53.7 Å². The van der Waals surface area contributed by atoms with Gasteiger partial charge >= 0.3 is 5.97 Å². The van der Waals surface area contributed by atoms with Crippen LogP contribution in [0.4, 0.5) is 5.82 Å². The van der Waals surface area contributed by atoms with Crippen LogP contribution in [0.2, 0.25) is 0 Å². The molecule has 2 aromatic heterocycles. The molecule has 0 saturated heterocycles. The molecule has 3 aromatic rings. The third kappa shape index (κ3) is 3.66. The SMILES string of the molecule is COc1ccc(CNc2ccc3c(C(C)=O)cn(CC(=O)O)c3n2)cc1. The highest BCUT2D eigenvalue weighted by atomic mass is 16.5. The van der Waals surface area contributed by atoms with E-state index in [4.69, 9.17) is 9.84 Å². The lowest BCUT2D eigenvalue weighted by atomic mass is 10.1. The van der Waals surface area contributed by atoms with E-state index in [9.17, 15) is 9.59 Å². The van der Waals surface area contributed by atoms with Crippen LogP contribution in [0.5, 0.6) is 5.75 Å². The second-order valence-corrected chi connectivity index (χ2v) is 5.89. The van der Waals surface area contributed by atoms with Crippen LogP contribution in [0, 0.1) is 0 Å². The number of ether oxygens (including phenoxy) is 1. The number of rotatable bonds is 7. The maximum absolute atomic E-state index is 11.8. The van der Waals surface area contributed by atoms with E-state index in [0.29, 0.717) is 29.0 Å². The van der Waals surface area contributed by atoms with Crippen molar-refractivity contribution in [2.45, 2.75) is 20.0 Å². The van der Waals surface area contributed by atoms with E-state index in [2.05, 4.69) is 10.3 Å². The van der Waals surface area contributed by atoms with E-state index < -0.39 is 5.97 Å². The third-order valence-electron chi connectivity index (χ3n) is 4.04. The Morgan fingerprint density at radius 3 is 2.54 bits per heavy atom. The van der Waals surface area contributed by atoms with E-state index in [1.54, 1.807) is 25.4 Å². The lowest BCUT2D eigenvalue weighted by molar-refractivity contribution is -0.137. The van der Waals surface area contributed by atoms with Crippen LogP contribution in [0.25, 0.3) is 11.0 Å². The van der Waals surface area contributed by atoms with Crippen molar-refractivity contribution >= 4 is 28.6 Å². The Balaban J connectivity index is 1.87. The number of carboxylic acid groups (broad SMARTS) is 1. The molecule has 2 heterocycles. The number of anilines is 1. The molecule has 134 valence electrons. The Hall–Kier alpha value is -3.35. The average Bonchev–Trinajstić information content (AvgIpc) is 2.98. The van der Waals surface area contributed by atoms with Gasteiger partial charge in [-0.15, -0.1) is 0 Å². The minimum Gasteiger partial charge on any atom is -0.497 e. The molecule has 0 spiro atoms. The number of carbonyl (C=O) groups is 2. The molecule has 7 nitrogen and oxygen atoms in total. The van der Waals surface area contributed by atoms with E-state index in [0.717, 1.165) is 11.3 Å². The molecule has 0 aliphatic carbocycles. The summed E-state index contributed by atoms with van der Waals surface area (Å²) in [6.45, 7) is 1.76. The summed E-state index contributed by atoms with van der Waals surface area (Å²) in [7, 11) is 1.62. The summed E-state index contributed by atoms with van der Waals surface area (Å²) in [5.74, 6) is 0.278. The van der Waals surface area contributed by atoms with Gasteiger partial charge in [-0.05, 0) is 36.8 Å². The first-order valence-corrected chi connectivity index (χ1v) is 8.07. The molecule has 7 heteroatoms. The number of carbonyl (C=O) groups excluding carboxylic acids is 1. The van der Waals surface area contributed by atoms with Gasteiger partial charge in [-0.25, -0.2) is 4.98 Å². The Bertz CT molecular complexity index is 961. The topological polar surface area (TPSA) is 93.5 Å². The van der Waals surface area contributed by atoms with Gasteiger partial charge in [0.15, 0.2) is 5.78 Å². The Labute approximate surface area is 150 Å². The summed E-state index contributed by atoms with van der Waals surface area (Å²) < 4.78 is 6.61. The van der Waals surface area contributed by atoms with E-state index in [-0.39, 0.29) is 12.3 Å². The number of fused-ring (bicyclic) bond motifs is 1. The molecule has 26 heavy (non-hydrogen) atoms. The molecule has 0 amide bonds. The Morgan fingerprint density at radius 1 is 1.19 bits per heavy atom. The normalized spacial score (nSPS) is 10.7. The summed E-state index contributed by atoms with van der Waals surface area (Å²) in [4.78, 5) is 27.4. The van der Waals surface area contributed by atoms with Crippen LogP contribution in [-0.4, -0.2) is 33.5 Å². The zero-order valence-electron chi connectivity index (χ0n) is 14.5. The summed E-state index contributed by atoms with van der Waals surface area (Å²) in [6, 6.07) is 11.2. The van der Waals surface area contributed by atoms with Crippen LogP contribution in [0.1, 0.15) is 22.8 Å². The number of hydrogen-bond acceptors (Lipinski definition) is 5. The minimum atomic E-state index is -0.990. The second-order valence-electron chi connectivity index (χ2n) is 5.89. The fourth-order valence-electron chi connectivity index (χ4n) is 2.75. The van der Waals surface area contributed by atoms with Crippen LogP contribution in [-0.2, 0) is 17.9 Å². The van der Waals surface area contributed by atoms with Crippen molar-refractivity contribution in [1.29, 1.82) is 0 Å². The van der Waals surface area contributed by atoms with Crippen molar-refractivity contribution in [2.75, 3.05) is 12.4 Å². The van der Waals surface area contributed by atoms with Gasteiger partial charge in [-0.3, -0.25) is 9.59 Å². The number of methoxy groups -OCH3 is 1. The molecule has 0 unspecified atom stereocenters. The van der Waals surface area contributed by atoms with E-state index in [1.165, 1.54) is 11.5 Å². The molecule has 0 atom stereocenters. The van der Waals surface area contributed by atoms with E-state index >= 15 is 0 Å². The Morgan fingerprint density at radius 2 is 1.92 bits per heavy atom. The molecular weight excluding hydrogens is 334 g/mol. The number of nitrogens with zero attached hydrogens (tertiary/aromatic N) is 2. The Kier molecular flexibility index (Phi) is 4.88. The monoisotopic (exact) mass is 353 g/mol. The van der Waals surface area contributed by atoms with Crippen LogP contribution < -0.4 is 10.1 Å². The summed E-state index contributed by atoms with van der Waals surface area (Å²) in [5.41, 5.74) is 1.99. The zero-order chi connectivity index (χ0) is 18.7. The van der Waals surface area contributed by atoms with Crippen LogP contribution in [0.3, 0.4) is 0 Å². The maximum atomic E-state index is 11.8. The van der Waals surface area contributed by atoms with Crippen molar-refractivity contribution in [2.24, 2.45) is 0 Å². The number of Topliss-reactive ketones (excluding diaryl/α,β-unsaturated/α-hetero) is 1. The first kappa shape index (κ1) is 17.5. The zero-order valence-corrected chi connectivity index (χ0v) is 14.5. The quantitative estimate of drug-likeness (QED) is 0.634. The van der Waals surface area contributed by atoms with Gasteiger partial charge in [0.1, 0.15) is 23.8 Å². The predicted octanol–water partition coefficient (Wildman–Crippen LogP) is 2.94. The van der Waals surface area contributed by atoms with Crippen molar-refractivity contribution in [3.63, 3.8) is 0 Å². The molecule has 2 N–H and O–H groups in total. The van der Waals surface area contributed by atoms with Gasteiger partial charge in [0.05, 0.1) is 7.11 Å². The molecule has 0 fully saturated rings. The van der Waals surface area contributed by atoms with Gasteiger partial charge in [0, 0.05) is 23.7 Å². The number of benzene rings is 1. The van der Waals surface area contributed by atoms with Gasteiger partial charge in [0.2, 0.25) is 0 Å². The molecule has 0 saturated carbocycles. The minimum absolute atomic E-state index is 0.125. The van der Waals surface area contributed by atoms with Crippen molar-refractivity contribution in [3.8, 4) is 5.75 Å². The highest BCUT2D eigenvalue weighted by Gasteiger charge is 2.15. The van der Waals surface area contributed by atoms with Crippen molar-refractivity contribution < 1.29 is 19.4 Å². The highest BCUT2D eigenvalue weighted by Crippen LogP contribution is 2.23. The fraction of sp³-hybridized carbons (Fsp3) is 0.211. The largest absolute Gasteiger partial charge is 0.497 e. The van der Waals surface area contributed by atoms with Crippen LogP contribution >= 0.6 is 0 Å². The smallest absolute Gasteiger partial charge is 0.323 e. The summed E-state index contributed by atoms with van der Waals surface area (Å²) in [6.07, 6.45) is 1.54. The molecule has 0 bridgehead atoms. The third-order valence-corrected chi connectivity index (χ3v) is 4.04. The van der Waals surface area contributed by atoms with Crippen molar-refractivity contribution in [1.82, 2.24) is 9.55 Å². The number of ketones is 1. The maximum Gasteiger partial charge on any atom is 0.323 e. The lowest BCUT2D eigenvalue weighted by Crippen LogP contribution is -2.09. The molecule has 1 aromatic carbocycles. The van der Waals surface area contributed by atoms with Gasteiger partial charge in [-0.2, -0.15) is 0 Å². The highest BCUT2D eigenvalue weighted by molar-refractivity contribution is 6.06. The fourth-order valence-corrected chi connectivity index (χ4v) is 2.75. The number of hydrogen-bond donors (Lipinski definition) is 2. The number of aromatic nitrogens is 2. The first-order chi connectivity index (χ1) is 12.5. The molecule has 0 aliphatic heterocycles. The number of carboxylic acids is 1. The predicted molar refractivity (Wildman–Crippen MR) is 97.7 cm³/mol. The second kappa shape index (κ2) is 7.26. The van der Waals surface area contributed by atoms with Gasteiger partial charge in [0.25, 0.3) is 0 Å². The molecule has 0 radical (unpaired) electrons. The molecular formula is C19H19N3O4. The first-order valence-electron chi connectivity index (χ1n) is 8.07. The van der Waals surface area contributed by atoms with E-state index in [1.807, 2.05) is 24.3 Å². The number of pyridine rings is 1. The number of aliphatic carboxylic acids is 1. The molecule has 0 aliphatic rings. The molecule has 3 rings (SSSR count).